The number of carbonyl (C=O) groups is 2. The summed E-state index contributed by atoms with van der Waals surface area (Å²) in [5, 5.41) is 5.29. The summed E-state index contributed by atoms with van der Waals surface area (Å²) in [6.07, 6.45) is 3.95. The monoisotopic (exact) mass is 257 g/mol. The van der Waals surface area contributed by atoms with Crippen molar-refractivity contribution in [3.8, 4) is 0 Å². The quantitative estimate of drug-likeness (QED) is 0.748. The number of carbonyl (C=O) groups excluding carboxylic acids is 2. The molecule has 0 radical (unpaired) electrons. The lowest BCUT2D eigenvalue weighted by molar-refractivity contribution is -0.133. The molecule has 3 heterocycles. The lowest BCUT2D eigenvalue weighted by Gasteiger charge is -2.22. The maximum atomic E-state index is 11.6. The molecule has 1 saturated heterocycles. The molecule has 2 aromatic heterocycles. The molecule has 0 saturated carbocycles. The summed E-state index contributed by atoms with van der Waals surface area (Å²) >= 11 is 0. The molecule has 1 atom stereocenters. The summed E-state index contributed by atoms with van der Waals surface area (Å²) in [6.45, 7) is 0. The largest absolute Gasteiger partial charge is 0.358 e. The maximum Gasteiger partial charge on any atom is 0.249 e. The van der Waals surface area contributed by atoms with Gasteiger partial charge in [-0.15, -0.1) is 0 Å². The van der Waals surface area contributed by atoms with Crippen LogP contribution in [0.1, 0.15) is 12.8 Å². The first kappa shape index (κ1) is 11.5. The van der Waals surface area contributed by atoms with Crippen molar-refractivity contribution in [1.82, 2.24) is 20.3 Å². The number of hydrogen-bond acceptors (Lipinski definition) is 6. The number of aromatic nitrogens is 3. The van der Waals surface area contributed by atoms with Crippen LogP contribution in [0.4, 0.5) is 5.82 Å². The first-order chi connectivity index (χ1) is 9.22. The van der Waals surface area contributed by atoms with E-state index < -0.39 is 6.04 Å². The highest BCUT2D eigenvalue weighted by atomic mass is 16.2. The molecule has 1 fully saturated rings. The smallest absolute Gasteiger partial charge is 0.249 e. The molecule has 0 aromatic carbocycles. The van der Waals surface area contributed by atoms with Gasteiger partial charge in [0.25, 0.3) is 0 Å². The second-order valence-electron chi connectivity index (χ2n) is 4.24. The van der Waals surface area contributed by atoms with Crippen LogP contribution in [0, 0.1) is 0 Å². The van der Waals surface area contributed by atoms with Gasteiger partial charge < -0.3 is 5.32 Å². The van der Waals surface area contributed by atoms with E-state index in [9.17, 15) is 9.59 Å². The Labute approximate surface area is 108 Å². The number of imide groups is 1. The molecule has 96 valence electrons. The minimum atomic E-state index is -0.445. The summed E-state index contributed by atoms with van der Waals surface area (Å²) in [4.78, 5) is 35.2. The number of nitrogens with zero attached hydrogens (tertiary/aromatic N) is 3. The van der Waals surface area contributed by atoms with Crippen LogP contribution in [0.15, 0.2) is 24.5 Å². The molecule has 2 N–H and O–H groups in total. The maximum absolute atomic E-state index is 11.6. The number of amides is 2. The molecule has 19 heavy (non-hydrogen) atoms. The van der Waals surface area contributed by atoms with E-state index in [1.54, 1.807) is 24.5 Å². The van der Waals surface area contributed by atoms with Gasteiger partial charge in [-0.25, -0.2) is 9.97 Å². The lowest BCUT2D eigenvalue weighted by atomic mass is 10.1. The SMILES string of the molecule is O=C1CCC(Nc2ccc3nccnc3n2)C(=O)N1. The second-order valence-corrected chi connectivity index (χ2v) is 4.24. The number of pyridine rings is 1. The minimum absolute atomic E-state index is 0.236. The summed E-state index contributed by atoms with van der Waals surface area (Å²) < 4.78 is 0. The van der Waals surface area contributed by atoms with Crippen LogP contribution in [-0.4, -0.2) is 32.8 Å². The van der Waals surface area contributed by atoms with Crippen molar-refractivity contribution in [2.24, 2.45) is 0 Å². The van der Waals surface area contributed by atoms with Crippen LogP contribution in [0.3, 0.4) is 0 Å². The number of piperidine rings is 1. The van der Waals surface area contributed by atoms with Crippen molar-refractivity contribution >= 4 is 28.8 Å². The minimum Gasteiger partial charge on any atom is -0.358 e. The molecular weight excluding hydrogens is 246 g/mol. The number of hydrogen-bond donors (Lipinski definition) is 2. The molecule has 0 bridgehead atoms. The molecule has 3 rings (SSSR count). The lowest BCUT2D eigenvalue weighted by Crippen LogP contribution is -2.47. The van der Waals surface area contributed by atoms with E-state index in [2.05, 4.69) is 25.6 Å². The van der Waals surface area contributed by atoms with E-state index in [-0.39, 0.29) is 11.8 Å². The van der Waals surface area contributed by atoms with Gasteiger partial charge in [0.1, 0.15) is 17.4 Å². The van der Waals surface area contributed by atoms with Crippen molar-refractivity contribution < 1.29 is 9.59 Å². The number of anilines is 1. The van der Waals surface area contributed by atoms with Crippen molar-refractivity contribution in [3.63, 3.8) is 0 Å². The highest BCUT2D eigenvalue weighted by molar-refractivity contribution is 6.01. The Bertz CT molecular complexity index is 657. The van der Waals surface area contributed by atoms with Gasteiger partial charge in [0.15, 0.2) is 5.65 Å². The van der Waals surface area contributed by atoms with Gasteiger partial charge in [0.05, 0.1) is 0 Å². The second kappa shape index (κ2) is 4.60. The van der Waals surface area contributed by atoms with Crippen LogP contribution >= 0.6 is 0 Å². The number of nitrogens with one attached hydrogen (secondary N) is 2. The van der Waals surface area contributed by atoms with E-state index in [0.29, 0.717) is 29.8 Å². The Kier molecular flexibility index (Phi) is 2.79. The standard InChI is InChI=1S/C12H11N5O2/c18-10-4-2-8(12(19)17-10)15-9-3-1-7-11(16-9)14-6-5-13-7/h1,3,5-6,8H,2,4H2,(H,14,15,16)(H,17,18,19). The Morgan fingerprint density at radius 2 is 2.05 bits per heavy atom. The zero-order valence-corrected chi connectivity index (χ0v) is 9.96. The van der Waals surface area contributed by atoms with E-state index in [1.807, 2.05) is 0 Å². The summed E-state index contributed by atoms with van der Waals surface area (Å²) in [5.74, 6) is -0.0137. The summed E-state index contributed by atoms with van der Waals surface area (Å²) in [5.41, 5.74) is 1.20. The highest BCUT2D eigenvalue weighted by Crippen LogP contribution is 2.14. The fourth-order valence-electron chi connectivity index (χ4n) is 1.94. The molecule has 0 spiro atoms. The first-order valence-electron chi connectivity index (χ1n) is 5.90. The third-order valence-electron chi connectivity index (χ3n) is 2.89. The predicted molar refractivity (Wildman–Crippen MR) is 67.1 cm³/mol. The summed E-state index contributed by atoms with van der Waals surface area (Å²) in [7, 11) is 0. The van der Waals surface area contributed by atoms with Crippen molar-refractivity contribution in [2.75, 3.05) is 5.32 Å². The van der Waals surface area contributed by atoms with Gasteiger partial charge in [0, 0.05) is 18.8 Å². The highest BCUT2D eigenvalue weighted by Gasteiger charge is 2.26. The van der Waals surface area contributed by atoms with Crippen LogP contribution in [0.5, 0.6) is 0 Å². The van der Waals surface area contributed by atoms with Gasteiger partial charge in [-0.05, 0) is 18.6 Å². The Morgan fingerprint density at radius 1 is 1.21 bits per heavy atom. The molecule has 2 amide bonds. The molecule has 7 nitrogen and oxygen atoms in total. The van der Waals surface area contributed by atoms with Crippen LogP contribution in [0.2, 0.25) is 0 Å². The van der Waals surface area contributed by atoms with Gasteiger partial charge in [-0.2, -0.15) is 0 Å². The van der Waals surface area contributed by atoms with E-state index in [0.717, 1.165) is 0 Å². The normalized spacial score (nSPS) is 19.3. The zero-order chi connectivity index (χ0) is 13.2. The van der Waals surface area contributed by atoms with Crippen LogP contribution in [0.25, 0.3) is 11.2 Å². The molecule has 1 aliphatic rings. The van der Waals surface area contributed by atoms with Crippen LogP contribution in [-0.2, 0) is 9.59 Å². The van der Waals surface area contributed by atoms with E-state index in [4.69, 9.17) is 0 Å². The molecule has 2 aromatic rings. The topological polar surface area (TPSA) is 96.9 Å². The molecule has 1 aliphatic heterocycles. The van der Waals surface area contributed by atoms with Gasteiger partial charge >= 0.3 is 0 Å². The van der Waals surface area contributed by atoms with Gasteiger partial charge in [-0.1, -0.05) is 0 Å². The van der Waals surface area contributed by atoms with E-state index >= 15 is 0 Å². The first-order valence-corrected chi connectivity index (χ1v) is 5.90. The number of fused-ring (bicyclic) bond motifs is 1. The Morgan fingerprint density at radius 3 is 2.89 bits per heavy atom. The fraction of sp³-hybridized carbons (Fsp3) is 0.250. The van der Waals surface area contributed by atoms with Crippen molar-refractivity contribution in [1.29, 1.82) is 0 Å². The Hall–Kier alpha value is -2.57. The van der Waals surface area contributed by atoms with Crippen molar-refractivity contribution in [2.45, 2.75) is 18.9 Å². The van der Waals surface area contributed by atoms with Gasteiger partial charge in [-0.3, -0.25) is 19.9 Å². The third-order valence-corrected chi connectivity index (χ3v) is 2.89. The molecule has 1 unspecified atom stereocenters. The van der Waals surface area contributed by atoms with Crippen LogP contribution < -0.4 is 10.6 Å². The molecular formula is C12H11N5O2. The third kappa shape index (κ3) is 2.35. The average molecular weight is 257 g/mol. The van der Waals surface area contributed by atoms with Gasteiger partial charge in [0.2, 0.25) is 11.8 Å². The van der Waals surface area contributed by atoms with E-state index in [1.165, 1.54) is 0 Å². The Balaban J connectivity index is 1.81. The molecule has 0 aliphatic carbocycles. The summed E-state index contributed by atoms with van der Waals surface area (Å²) in [6, 6.07) is 3.07. The predicted octanol–water partition coefficient (Wildman–Crippen LogP) is 0.242. The van der Waals surface area contributed by atoms with Crippen molar-refractivity contribution in [3.05, 3.63) is 24.5 Å². The molecule has 7 heteroatoms. The fourth-order valence-corrected chi connectivity index (χ4v) is 1.94. The zero-order valence-electron chi connectivity index (χ0n) is 9.96. The average Bonchev–Trinajstić information content (AvgIpc) is 2.42. The number of rotatable bonds is 2.